The summed E-state index contributed by atoms with van der Waals surface area (Å²) in [4.78, 5) is 40.4. The van der Waals surface area contributed by atoms with Crippen LogP contribution < -0.4 is 20.3 Å². The number of H-pyrrole nitrogens is 1. The zero-order valence-corrected chi connectivity index (χ0v) is 21.0. The molecule has 0 bridgehead atoms. The number of amides is 1. The van der Waals surface area contributed by atoms with Crippen molar-refractivity contribution in [1.29, 1.82) is 0 Å². The Balaban J connectivity index is 1.62. The van der Waals surface area contributed by atoms with Crippen LogP contribution in [-0.4, -0.2) is 41.1 Å². The van der Waals surface area contributed by atoms with E-state index in [2.05, 4.69) is 20.5 Å². The molecule has 1 aromatic heterocycles. The van der Waals surface area contributed by atoms with E-state index in [0.717, 1.165) is 17.5 Å². The summed E-state index contributed by atoms with van der Waals surface area (Å²) in [6.07, 6.45) is 2.23. The lowest BCUT2D eigenvalue weighted by Gasteiger charge is -2.18. The molecule has 2 N–H and O–H groups in total. The van der Waals surface area contributed by atoms with Gasteiger partial charge in [0.25, 0.3) is 5.56 Å². The second-order valence-electron chi connectivity index (χ2n) is 8.62. The number of Topliss-reactive ketones (excluding diaryl/α,β-unsaturated/α-hetero) is 1. The van der Waals surface area contributed by atoms with E-state index < -0.39 is 23.4 Å². The van der Waals surface area contributed by atoms with Crippen molar-refractivity contribution in [3.8, 4) is 11.5 Å². The summed E-state index contributed by atoms with van der Waals surface area (Å²) in [5.74, 6) is 0.132. The van der Waals surface area contributed by atoms with Crippen LogP contribution in [0.25, 0.3) is 0 Å². The van der Waals surface area contributed by atoms with Gasteiger partial charge in [0, 0.05) is 6.42 Å². The van der Waals surface area contributed by atoms with Crippen LogP contribution in [0.15, 0.2) is 53.3 Å². The number of hydrogen-bond acceptors (Lipinski definition) is 7. The monoisotopic (exact) mass is 492 g/mol. The largest absolute Gasteiger partial charge is 0.493 e. The lowest BCUT2D eigenvalue weighted by Crippen LogP contribution is -2.38. The predicted octanol–water partition coefficient (Wildman–Crippen LogP) is 3.18. The van der Waals surface area contributed by atoms with Crippen molar-refractivity contribution in [2.24, 2.45) is 5.92 Å². The third-order valence-corrected chi connectivity index (χ3v) is 5.97. The van der Waals surface area contributed by atoms with Crippen molar-refractivity contribution >= 4 is 11.7 Å². The number of nitrogens with one attached hydrogen (secondary N) is 2. The number of rotatable bonds is 12. The van der Waals surface area contributed by atoms with Gasteiger partial charge in [0.15, 0.2) is 11.5 Å². The average molecular weight is 493 g/mol. The van der Waals surface area contributed by atoms with Crippen molar-refractivity contribution in [2.45, 2.75) is 45.6 Å². The van der Waals surface area contributed by atoms with E-state index in [1.165, 1.54) is 6.92 Å². The molecular formula is C27H32N4O5. The number of aromatic nitrogens is 3. The molecule has 0 aliphatic heterocycles. The van der Waals surface area contributed by atoms with Crippen LogP contribution >= 0.6 is 0 Å². The van der Waals surface area contributed by atoms with Gasteiger partial charge in [-0.05, 0) is 56.4 Å². The molecule has 0 fully saturated rings. The van der Waals surface area contributed by atoms with Crippen LogP contribution in [0.4, 0.5) is 0 Å². The standard InChI is InChI=1S/C27H32N4O5/c1-17(28-26(33)21(18(2)32)12-8-11-19-9-6-5-7-10-19)25-27(34)29-24(30-31-25)16-20-13-14-22(35-3)23(15-20)36-4/h5-7,9-10,13-15,17,21H,8,11-12,16H2,1-4H3,(H,28,33)(H,29,30,34)/t17-,21-/m1/s1. The maximum atomic E-state index is 12.8. The van der Waals surface area contributed by atoms with Gasteiger partial charge in [-0.3, -0.25) is 14.4 Å². The van der Waals surface area contributed by atoms with Crippen molar-refractivity contribution in [3.63, 3.8) is 0 Å². The second-order valence-corrected chi connectivity index (χ2v) is 8.62. The Morgan fingerprint density at radius 2 is 1.72 bits per heavy atom. The highest BCUT2D eigenvalue weighted by molar-refractivity contribution is 6.00. The minimum Gasteiger partial charge on any atom is -0.493 e. The Bertz CT molecular complexity index is 1240. The maximum Gasteiger partial charge on any atom is 0.275 e. The molecule has 36 heavy (non-hydrogen) atoms. The average Bonchev–Trinajstić information content (AvgIpc) is 2.86. The van der Waals surface area contributed by atoms with Crippen LogP contribution in [0.5, 0.6) is 11.5 Å². The number of carbonyl (C=O) groups excluding carboxylic acids is 2. The normalized spacial score (nSPS) is 12.4. The first-order valence-electron chi connectivity index (χ1n) is 11.8. The molecule has 3 aromatic rings. The molecule has 2 atom stereocenters. The number of aryl methyl sites for hydroxylation is 1. The molecule has 0 unspecified atom stereocenters. The molecule has 0 aliphatic rings. The number of ether oxygens (including phenoxy) is 2. The fraction of sp³-hybridized carbons (Fsp3) is 0.370. The summed E-state index contributed by atoms with van der Waals surface area (Å²) in [5.41, 5.74) is 1.64. The minimum atomic E-state index is -0.785. The lowest BCUT2D eigenvalue weighted by molar-refractivity contribution is -0.133. The number of benzene rings is 2. The third-order valence-electron chi connectivity index (χ3n) is 5.97. The van der Waals surface area contributed by atoms with Gasteiger partial charge in [0.05, 0.1) is 26.2 Å². The first-order chi connectivity index (χ1) is 17.3. The highest BCUT2D eigenvalue weighted by Gasteiger charge is 2.26. The van der Waals surface area contributed by atoms with E-state index in [1.54, 1.807) is 33.3 Å². The molecule has 9 nitrogen and oxygen atoms in total. The first-order valence-corrected chi connectivity index (χ1v) is 11.8. The number of aromatic amines is 1. The molecule has 0 spiro atoms. The van der Waals surface area contributed by atoms with Gasteiger partial charge in [0.2, 0.25) is 5.91 Å². The Morgan fingerprint density at radius 1 is 1.00 bits per heavy atom. The molecule has 1 heterocycles. The van der Waals surface area contributed by atoms with E-state index in [0.29, 0.717) is 36.6 Å². The van der Waals surface area contributed by atoms with Crippen molar-refractivity contribution in [2.75, 3.05) is 14.2 Å². The Kier molecular flexibility index (Phi) is 9.32. The Morgan fingerprint density at radius 3 is 2.36 bits per heavy atom. The number of ketones is 1. The fourth-order valence-electron chi connectivity index (χ4n) is 3.98. The van der Waals surface area contributed by atoms with E-state index >= 15 is 0 Å². The van der Waals surface area contributed by atoms with Crippen LogP contribution in [0.3, 0.4) is 0 Å². The van der Waals surface area contributed by atoms with Gasteiger partial charge >= 0.3 is 0 Å². The zero-order chi connectivity index (χ0) is 26.1. The van der Waals surface area contributed by atoms with Crippen molar-refractivity contribution < 1.29 is 19.1 Å². The van der Waals surface area contributed by atoms with Gasteiger partial charge < -0.3 is 19.8 Å². The first kappa shape index (κ1) is 26.6. The summed E-state index contributed by atoms with van der Waals surface area (Å²) in [7, 11) is 3.11. The van der Waals surface area contributed by atoms with Gasteiger partial charge in [-0.2, -0.15) is 0 Å². The van der Waals surface area contributed by atoms with Gasteiger partial charge in [0.1, 0.15) is 17.3 Å². The Labute approximate surface area is 210 Å². The van der Waals surface area contributed by atoms with E-state index in [1.807, 2.05) is 36.4 Å². The quantitative estimate of drug-likeness (QED) is 0.372. The lowest BCUT2D eigenvalue weighted by atomic mass is 9.95. The highest BCUT2D eigenvalue weighted by atomic mass is 16.5. The second kappa shape index (κ2) is 12.6. The molecule has 3 rings (SSSR count). The maximum absolute atomic E-state index is 12.8. The molecule has 190 valence electrons. The highest BCUT2D eigenvalue weighted by Crippen LogP contribution is 2.28. The van der Waals surface area contributed by atoms with E-state index in [9.17, 15) is 14.4 Å². The molecule has 1 amide bonds. The SMILES string of the molecule is COc1ccc(Cc2nnc([C@@H](C)NC(=O)[C@H](CCCc3ccccc3)C(C)=O)c(=O)[nH]2)cc1OC. The number of nitrogens with zero attached hydrogens (tertiary/aromatic N) is 2. The number of hydrogen-bond donors (Lipinski definition) is 2. The topological polar surface area (TPSA) is 123 Å². The molecular weight excluding hydrogens is 460 g/mol. The minimum absolute atomic E-state index is 0.0750. The predicted molar refractivity (Wildman–Crippen MR) is 135 cm³/mol. The molecule has 0 aliphatic carbocycles. The van der Waals surface area contributed by atoms with Crippen molar-refractivity contribution in [3.05, 3.63) is 81.5 Å². The van der Waals surface area contributed by atoms with Gasteiger partial charge in [-0.15, -0.1) is 10.2 Å². The molecule has 0 saturated heterocycles. The zero-order valence-electron chi connectivity index (χ0n) is 21.0. The summed E-state index contributed by atoms with van der Waals surface area (Å²) < 4.78 is 10.6. The summed E-state index contributed by atoms with van der Waals surface area (Å²) >= 11 is 0. The van der Waals surface area contributed by atoms with Crippen LogP contribution in [0.1, 0.15) is 55.4 Å². The summed E-state index contributed by atoms with van der Waals surface area (Å²) in [6.45, 7) is 3.05. The molecule has 0 radical (unpaired) electrons. The molecule has 0 saturated carbocycles. The van der Waals surface area contributed by atoms with Crippen LogP contribution in [-0.2, 0) is 22.4 Å². The molecule has 2 aromatic carbocycles. The Hall–Kier alpha value is -4.01. The third kappa shape index (κ3) is 7.00. The summed E-state index contributed by atoms with van der Waals surface area (Å²) in [5, 5.41) is 10.9. The number of methoxy groups -OCH3 is 2. The van der Waals surface area contributed by atoms with Crippen LogP contribution in [0, 0.1) is 5.92 Å². The van der Waals surface area contributed by atoms with Crippen molar-refractivity contribution in [1.82, 2.24) is 20.5 Å². The molecule has 9 heteroatoms. The van der Waals surface area contributed by atoms with E-state index in [-0.39, 0.29) is 11.5 Å². The van der Waals surface area contributed by atoms with Gasteiger partial charge in [-0.1, -0.05) is 36.4 Å². The van der Waals surface area contributed by atoms with Crippen LogP contribution in [0.2, 0.25) is 0 Å². The fourth-order valence-corrected chi connectivity index (χ4v) is 3.98. The van der Waals surface area contributed by atoms with E-state index in [4.69, 9.17) is 9.47 Å². The smallest absolute Gasteiger partial charge is 0.275 e. The summed E-state index contributed by atoms with van der Waals surface area (Å²) in [6, 6.07) is 14.6. The van der Waals surface area contributed by atoms with Gasteiger partial charge in [-0.25, -0.2) is 0 Å². The number of carbonyl (C=O) groups is 2.